The molecule has 4 nitrogen and oxygen atoms in total. The lowest BCUT2D eigenvalue weighted by Crippen LogP contribution is -2.00. The average Bonchev–Trinajstić information content (AvgIpc) is 2.94. The summed E-state index contributed by atoms with van der Waals surface area (Å²) >= 11 is 0. The molecule has 0 saturated carbocycles. The van der Waals surface area contributed by atoms with Gasteiger partial charge in [-0.1, -0.05) is 42.5 Å². The Labute approximate surface area is 128 Å². The van der Waals surface area contributed by atoms with Gasteiger partial charge in [0, 0.05) is 17.6 Å². The van der Waals surface area contributed by atoms with Crippen LogP contribution in [0.1, 0.15) is 11.3 Å². The van der Waals surface area contributed by atoms with Gasteiger partial charge >= 0.3 is 0 Å². The average molecular weight is 288 g/mol. The number of nitrogens with one attached hydrogen (secondary N) is 2. The Bertz CT molecular complexity index is 950. The van der Waals surface area contributed by atoms with E-state index in [2.05, 4.69) is 69.0 Å². The predicted octanol–water partition coefficient (Wildman–Crippen LogP) is 4.03. The van der Waals surface area contributed by atoms with Crippen molar-refractivity contribution in [3.05, 3.63) is 66.0 Å². The van der Waals surface area contributed by atoms with E-state index >= 15 is 0 Å². The fourth-order valence-electron chi connectivity index (χ4n) is 2.76. The zero-order chi connectivity index (χ0) is 14.9. The highest BCUT2D eigenvalue weighted by molar-refractivity contribution is 5.86. The summed E-state index contributed by atoms with van der Waals surface area (Å²) in [5, 5.41) is 14.2. The molecule has 2 aromatic carbocycles. The summed E-state index contributed by atoms with van der Waals surface area (Å²) in [6, 6.07) is 16.9. The Morgan fingerprint density at radius 2 is 1.91 bits per heavy atom. The van der Waals surface area contributed by atoms with Crippen LogP contribution in [0.4, 0.5) is 5.69 Å². The summed E-state index contributed by atoms with van der Waals surface area (Å²) in [7, 11) is 0. The lowest BCUT2D eigenvalue weighted by Gasteiger charge is -2.09. The second-order valence-electron chi connectivity index (χ2n) is 5.44. The number of fused-ring (bicyclic) bond motifs is 2. The largest absolute Gasteiger partial charge is 0.380 e. The minimum atomic E-state index is 0.758. The van der Waals surface area contributed by atoms with Crippen LogP contribution in [-0.4, -0.2) is 15.2 Å². The van der Waals surface area contributed by atoms with E-state index in [-0.39, 0.29) is 0 Å². The van der Waals surface area contributed by atoms with Crippen molar-refractivity contribution in [1.29, 1.82) is 0 Å². The molecule has 2 heterocycles. The van der Waals surface area contributed by atoms with Crippen molar-refractivity contribution in [3.63, 3.8) is 0 Å². The number of pyridine rings is 1. The summed E-state index contributed by atoms with van der Waals surface area (Å²) in [6.07, 6.45) is 1.83. The number of H-pyrrole nitrogens is 1. The number of hydrogen-bond acceptors (Lipinski definition) is 3. The predicted molar refractivity (Wildman–Crippen MR) is 89.9 cm³/mol. The number of aryl methyl sites for hydroxylation is 1. The van der Waals surface area contributed by atoms with Crippen molar-refractivity contribution < 1.29 is 0 Å². The van der Waals surface area contributed by atoms with Gasteiger partial charge in [0.2, 0.25) is 0 Å². The highest BCUT2D eigenvalue weighted by Gasteiger charge is 2.05. The molecule has 0 spiro atoms. The molecule has 0 saturated heterocycles. The molecule has 0 aliphatic heterocycles. The summed E-state index contributed by atoms with van der Waals surface area (Å²) in [4.78, 5) is 4.37. The van der Waals surface area contributed by atoms with Crippen molar-refractivity contribution in [2.45, 2.75) is 13.5 Å². The first-order valence-electron chi connectivity index (χ1n) is 7.32. The van der Waals surface area contributed by atoms with Gasteiger partial charge in [-0.3, -0.25) is 5.10 Å². The van der Waals surface area contributed by atoms with Gasteiger partial charge in [-0.05, 0) is 29.3 Å². The van der Waals surface area contributed by atoms with Gasteiger partial charge in [0.15, 0.2) is 5.65 Å². The quantitative estimate of drug-likeness (QED) is 0.598. The Morgan fingerprint density at radius 1 is 1.05 bits per heavy atom. The number of nitrogens with zero attached hydrogens (tertiary/aromatic N) is 2. The van der Waals surface area contributed by atoms with Gasteiger partial charge in [0.05, 0.1) is 11.9 Å². The van der Waals surface area contributed by atoms with Crippen LogP contribution >= 0.6 is 0 Å². The fourth-order valence-corrected chi connectivity index (χ4v) is 2.76. The van der Waals surface area contributed by atoms with Crippen molar-refractivity contribution in [2.75, 3.05) is 5.32 Å². The number of rotatable bonds is 3. The zero-order valence-corrected chi connectivity index (χ0v) is 12.3. The number of aromatic nitrogens is 3. The molecular weight excluding hydrogens is 272 g/mol. The van der Waals surface area contributed by atoms with Crippen molar-refractivity contribution in [2.24, 2.45) is 0 Å². The van der Waals surface area contributed by atoms with Crippen molar-refractivity contribution >= 4 is 27.5 Å². The third-order valence-electron chi connectivity index (χ3n) is 3.96. The van der Waals surface area contributed by atoms with Gasteiger partial charge in [-0.25, -0.2) is 4.98 Å². The molecule has 0 fully saturated rings. The second kappa shape index (κ2) is 5.15. The third-order valence-corrected chi connectivity index (χ3v) is 3.96. The van der Waals surface area contributed by atoms with Crippen LogP contribution in [0.2, 0.25) is 0 Å². The first kappa shape index (κ1) is 12.8. The lowest BCUT2D eigenvalue weighted by molar-refractivity contribution is 1.05. The molecule has 0 radical (unpaired) electrons. The number of aromatic amines is 1. The maximum atomic E-state index is 4.37. The summed E-state index contributed by atoms with van der Waals surface area (Å²) < 4.78 is 0. The van der Waals surface area contributed by atoms with E-state index in [0.717, 1.165) is 29.0 Å². The van der Waals surface area contributed by atoms with Gasteiger partial charge in [0.1, 0.15) is 0 Å². The molecule has 22 heavy (non-hydrogen) atoms. The van der Waals surface area contributed by atoms with Gasteiger partial charge in [-0.15, -0.1) is 0 Å². The topological polar surface area (TPSA) is 53.6 Å². The fraction of sp³-hybridized carbons (Fsp3) is 0.111. The molecule has 2 aromatic heterocycles. The monoisotopic (exact) mass is 288 g/mol. The highest BCUT2D eigenvalue weighted by atomic mass is 15.1. The molecule has 0 unspecified atom stereocenters. The molecule has 2 N–H and O–H groups in total. The minimum absolute atomic E-state index is 0.758. The molecule has 0 aliphatic rings. The number of hydrogen-bond donors (Lipinski definition) is 2. The van der Waals surface area contributed by atoms with E-state index < -0.39 is 0 Å². The van der Waals surface area contributed by atoms with Crippen LogP contribution in [0.5, 0.6) is 0 Å². The molecule has 4 rings (SSSR count). The van der Waals surface area contributed by atoms with E-state index in [1.165, 1.54) is 16.3 Å². The zero-order valence-electron chi connectivity index (χ0n) is 12.3. The van der Waals surface area contributed by atoms with E-state index in [1.54, 1.807) is 0 Å². The van der Waals surface area contributed by atoms with E-state index in [9.17, 15) is 0 Å². The summed E-state index contributed by atoms with van der Waals surface area (Å²) in [5.74, 6) is 0. The highest BCUT2D eigenvalue weighted by Crippen LogP contribution is 2.21. The van der Waals surface area contributed by atoms with Crippen molar-refractivity contribution in [3.8, 4) is 0 Å². The van der Waals surface area contributed by atoms with Crippen LogP contribution < -0.4 is 5.32 Å². The Morgan fingerprint density at radius 3 is 2.86 bits per heavy atom. The second-order valence-corrected chi connectivity index (χ2v) is 5.44. The molecule has 0 aliphatic carbocycles. The summed E-state index contributed by atoms with van der Waals surface area (Å²) in [5.41, 5.74) is 4.08. The van der Waals surface area contributed by atoms with E-state index in [1.807, 2.05) is 13.1 Å². The normalized spacial score (nSPS) is 11.1. The molecule has 4 aromatic rings. The van der Waals surface area contributed by atoms with Crippen LogP contribution in [-0.2, 0) is 6.54 Å². The van der Waals surface area contributed by atoms with Crippen molar-refractivity contribution in [1.82, 2.24) is 15.2 Å². The van der Waals surface area contributed by atoms with Crippen LogP contribution in [0, 0.1) is 6.92 Å². The molecular formula is C18H16N4. The van der Waals surface area contributed by atoms with Crippen LogP contribution in [0.25, 0.3) is 21.8 Å². The first-order chi connectivity index (χ1) is 10.8. The molecule has 4 heteroatoms. The SMILES string of the molecule is Cc1[nH]nc2ncc(NCc3cccc4ccccc34)cc12. The Kier molecular flexibility index (Phi) is 3.00. The van der Waals surface area contributed by atoms with Crippen LogP contribution in [0.15, 0.2) is 54.7 Å². The molecule has 0 amide bonds. The molecule has 0 atom stereocenters. The first-order valence-corrected chi connectivity index (χ1v) is 7.32. The van der Waals surface area contributed by atoms with E-state index in [4.69, 9.17) is 0 Å². The van der Waals surface area contributed by atoms with E-state index in [0.29, 0.717) is 0 Å². The number of anilines is 1. The smallest absolute Gasteiger partial charge is 0.181 e. The standard InChI is InChI=1S/C18H16N4/c1-12-17-9-15(11-20-18(17)22-21-12)19-10-14-7-4-6-13-5-2-3-8-16(13)14/h2-9,11,19H,10H2,1H3,(H,20,21,22). The molecule has 0 bridgehead atoms. The van der Waals surface area contributed by atoms with Gasteiger partial charge in [0.25, 0.3) is 0 Å². The van der Waals surface area contributed by atoms with Gasteiger partial charge in [-0.2, -0.15) is 5.10 Å². The lowest BCUT2D eigenvalue weighted by atomic mass is 10.0. The minimum Gasteiger partial charge on any atom is -0.380 e. The Balaban J connectivity index is 1.64. The third kappa shape index (κ3) is 2.19. The molecule has 108 valence electrons. The van der Waals surface area contributed by atoms with Gasteiger partial charge < -0.3 is 5.32 Å². The Hall–Kier alpha value is -2.88. The maximum absolute atomic E-state index is 4.37. The number of benzene rings is 2. The maximum Gasteiger partial charge on any atom is 0.181 e. The summed E-state index contributed by atoms with van der Waals surface area (Å²) in [6.45, 7) is 2.77. The van der Waals surface area contributed by atoms with Crippen LogP contribution in [0.3, 0.4) is 0 Å².